The lowest BCUT2D eigenvalue weighted by Crippen LogP contribution is -2.32. The van der Waals surface area contributed by atoms with Crippen LogP contribution in [0.3, 0.4) is 0 Å². The van der Waals surface area contributed by atoms with E-state index < -0.39 is 23.9 Å². The highest BCUT2D eigenvalue weighted by Gasteiger charge is 2.27. The molecule has 28 heavy (non-hydrogen) atoms. The second-order valence-corrected chi connectivity index (χ2v) is 6.50. The predicted octanol–water partition coefficient (Wildman–Crippen LogP) is 3.37. The van der Waals surface area contributed by atoms with Gasteiger partial charge in [0, 0.05) is 5.56 Å². The van der Waals surface area contributed by atoms with Crippen LogP contribution in [0.25, 0.3) is 0 Å². The van der Waals surface area contributed by atoms with Crippen molar-refractivity contribution in [3.63, 3.8) is 0 Å². The van der Waals surface area contributed by atoms with Crippen molar-refractivity contribution in [1.82, 2.24) is 5.32 Å². The minimum absolute atomic E-state index is 0.00499. The average Bonchev–Trinajstić information content (AvgIpc) is 2.98. The van der Waals surface area contributed by atoms with E-state index >= 15 is 0 Å². The lowest BCUT2D eigenvalue weighted by Gasteiger charge is -2.08. The fraction of sp³-hybridized carbons (Fsp3) is 0.263. The monoisotopic (exact) mass is 404 g/mol. The van der Waals surface area contributed by atoms with Crippen molar-refractivity contribution >= 4 is 40.2 Å². The molecule has 0 aliphatic heterocycles. The predicted molar refractivity (Wildman–Crippen MR) is 104 cm³/mol. The van der Waals surface area contributed by atoms with Crippen LogP contribution in [0.5, 0.6) is 0 Å². The van der Waals surface area contributed by atoms with Crippen molar-refractivity contribution in [3.8, 4) is 0 Å². The largest absolute Gasteiger partial charge is 0.462 e. The molecule has 2 aromatic rings. The summed E-state index contributed by atoms with van der Waals surface area (Å²) in [6.07, 6.45) is -0.920. The molecule has 0 bridgehead atoms. The summed E-state index contributed by atoms with van der Waals surface area (Å²) in [6.45, 7) is 5.05. The topological polar surface area (TPSA) is 111 Å². The molecule has 1 aromatic carbocycles. The van der Waals surface area contributed by atoms with Crippen LogP contribution >= 0.6 is 11.3 Å². The summed E-state index contributed by atoms with van der Waals surface area (Å²) in [5.74, 6) is -1.86. The van der Waals surface area contributed by atoms with Gasteiger partial charge in [0.25, 0.3) is 11.8 Å². The maximum absolute atomic E-state index is 12.6. The first kappa shape index (κ1) is 21.1. The van der Waals surface area contributed by atoms with E-state index in [0.29, 0.717) is 11.1 Å². The fourth-order valence-electron chi connectivity index (χ4n) is 2.35. The van der Waals surface area contributed by atoms with Crippen LogP contribution < -0.4 is 10.6 Å². The molecule has 3 amide bonds. The third kappa shape index (κ3) is 4.95. The summed E-state index contributed by atoms with van der Waals surface area (Å²) < 4.78 is 9.71. The number of carbonyl (C=O) groups is 4. The molecule has 1 aromatic heterocycles. The van der Waals surface area contributed by atoms with Crippen molar-refractivity contribution in [1.29, 1.82) is 0 Å². The molecule has 148 valence electrons. The SMILES string of the molecule is CCOC(=O)NC(=O)c1c(NC(=O)c2ccccc2)sc(C(=O)OCC)c1C. The summed E-state index contributed by atoms with van der Waals surface area (Å²) in [5, 5.41) is 4.84. The quantitative estimate of drug-likeness (QED) is 0.714. The van der Waals surface area contributed by atoms with Crippen LogP contribution in [0.1, 0.15) is 49.8 Å². The Bertz CT molecular complexity index is 891. The first-order chi connectivity index (χ1) is 13.4. The smallest absolute Gasteiger partial charge is 0.414 e. The number of nitrogens with one attached hydrogen (secondary N) is 2. The third-order valence-corrected chi connectivity index (χ3v) is 4.78. The molecule has 0 aliphatic rings. The van der Waals surface area contributed by atoms with Crippen LogP contribution in [0, 0.1) is 6.92 Å². The standard InChI is InChI=1S/C19H20N2O6S/c1-4-26-18(24)14-11(3)13(16(23)21-19(25)27-5-2)17(28-14)20-15(22)12-9-7-6-8-10-12/h6-10H,4-5H2,1-3H3,(H,20,22)(H,21,23,25). The minimum Gasteiger partial charge on any atom is -0.462 e. The molecule has 0 aliphatic carbocycles. The van der Waals surface area contributed by atoms with E-state index in [1.165, 1.54) is 0 Å². The van der Waals surface area contributed by atoms with Crippen LogP contribution in [0.2, 0.25) is 0 Å². The average molecular weight is 404 g/mol. The van der Waals surface area contributed by atoms with Crippen molar-refractivity contribution < 1.29 is 28.7 Å². The number of alkyl carbamates (subject to hydrolysis) is 1. The molecule has 8 nitrogen and oxygen atoms in total. The molecule has 2 N–H and O–H groups in total. The molecule has 0 fully saturated rings. The number of amides is 3. The Morgan fingerprint density at radius 2 is 1.61 bits per heavy atom. The number of benzene rings is 1. The number of ether oxygens (including phenoxy) is 2. The van der Waals surface area contributed by atoms with E-state index in [1.54, 1.807) is 51.1 Å². The van der Waals surface area contributed by atoms with Crippen LogP contribution in [-0.4, -0.2) is 37.1 Å². The molecule has 9 heteroatoms. The number of imide groups is 1. The fourth-order valence-corrected chi connectivity index (χ4v) is 3.45. The Balaban J connectivity index is 2.39. The summed E-state index contributed by atoms with van der Waals surface area (Å²) in [4.78, 5) is 49.0. The Morgan fingerprint density at radius 1 is 0.964 bits per heavy atom. The van der Waals surface area contributed by atoms with E-state index in [2.05, 4.69) is 10.6 Å². The molecular formula is C19H20N2O6S. The van der Waals surface area contributed by atoms with Gasteiger partial charge in [-0.25, -0.2) is 9.59 Å². The molecule has 1 heterocycles. The third-order valence-electron chi connectivity index (χ3n) is 3.59. The molecule has 2 rings (SSSR count). The summed E-state index contributed by atoms with van der Waals surface area (Å²) in [7, 11) is 0. The molecule has 0 spiro atoms. The van der Waals surface area contributed by atoms with Gasteiger partial charge in [-0.15, -0.1) is 11.3 Å². The van der Waals surface area contributed by atoms with Gasteiger partial charge in [0.05, 0.1) is 18.8 Å². The molecule has 0 atom stereocenters. The van der Waals surface area contributed by atoms with Crippen molar-refractivity contribution in [3.05, 3.63) is 51.9 Å². The van der Waals surface area contributed by atoms with Gasteiger partial charge in [0.1, 0.15) is 9.88 Å². The molecule has 0 saturated heterocycles. The maximum atomic E-state index is 12.6. The van der Waals surface area contributed by atoms with E-state index in [0.717, 1.165) is 11.3 Å². The first-order valence-electron chi connectivity index (χ1n) is 8.54. The van der Waals surface area contributed by atoms with Crippen molar-refractivity contribution in [2.24, 2.45) is 0 Å². The van der Waals surface area contributed by atoms with Crippen LogP contribution in [0.4, 0.5) is 9.80 Å². The lowest BCUT2D eigenvalue weighted by molar-refractivity contribution is 0.0531. The highest BCUT2D eigenvalue weighted by atomic mass is 32.1. The van der Waals surface area contributed by atoms with Gasteiger partial charge >= 0.3 is 12.1 Å². The van der Waals surface area contributed by atoms with Gasteiger partial charge in [-0.05, 0) is 38.5 Å². The number of anilines is 1. The van der Waals surface area contributed by atoms with Gasteiger partial charge in [-0.1, -0.05) is 18.2 Å². The van der Waals surface area contributed by atoms with E-state index in [1.807, 2.05) is 0 Å². The van der Waals surface area contributed by atoms with E-state index in [-0.39, 0.29) is 28.7 Å². The van der Waals surface area contributed by atoms with Crippen LogP contribution in [-0.2, 0) is 9.47 Å². The lowest BCUT2D eigenvalue weighted by atomic mass is 10.1. The Morgan fingerprint density at radius 3 is 2.21 bits per heavy atom. The second kappa shape index (κ2) is 9.65. The zero-order valence-corrected chi connectivity index (χ0v) is 16.5. The van der Waals surface area contributed by atoms with Gasteiger partial charge in [-0.2, -0.15) is 0 Å². The van der Waals surface area contributed by atoms with Crippen LogP contribution in [0.15, 0.2) is 30.3 Å². The van der Waals surface area contributed by atoms with Crippen molar-refractivity contribution in [2.45, 2.75) is 20.8 Å². The molecule has 0 unspecified atom stereocenters. The number of esters is 1. The van der Waals surface area contributed by atoms with Gasteiger partial charge in [0.2, 0.25) is 0 Å². The molecular weight excluding hydrogens is 384 g/mol. The second-order valence-electron chi connectivity index (χ2n) is 5.48. The van der Waals surface area contributed by atoms with E-state index in [4.69, 9.17) is 9.47 Å². The van der Waals surface area contributed by atoms with Gasteiger partial charge in [0.15, 0.2) is 0 Å². The summed E-state index contributed by atoms with van der Waals surface area (Å²) >= 11 is 0.907. The Kier molecular flexibility index (Phi) is 7.28. The first-order valence-corrected chi connectivity index (χ1v) is 9.35. The number of hydrogen-bond donors (Lipinski definition) is 2. The maximum Gasteiger partial charge on any atom is 0.414 e. The molecule has 0 saturated carbocycles. The summed E-state index contributed by atoms with van der Waals surface area (Å²) in [6, 6.07) is 8.39. The Hall–Kier alpha value is -3.20. The number of rotatable bonds is 6. The minimum atomic E-state index is -0.920. The summed E-state index contributed by atoms with van der Waals surface area (Å²) in [5.41, 5.74) is 0.682. The molecule has 0 radical (unpaired) electrons. The van der Waals surface area contributed by atoms with Gasteiger partial charge < -0.3 is 14.8 Å². The highest BCUT2D eigenvalue weighted by molar-refractivity contribution is 7.18. The number of thiophene rings is 1. The van der Waals surface area contributed by atoms with E-state index in [9.17, 15) is 19.2 Å². The zero-order valence-electron chi connectivity index (χ0n) is 15.7. The van der Waals surface area contributed by atoms with Gasteiger partial charge in [-0.3, -0.25) is 14.9 Å². The Labute approximate surface area is 165 Å². The normalized spacial score (nSPS) is 10.1. The van der Waals surface area contributed by atoms with Crippen molar-refractivity contribution in [2.75, 3.05) is 18.5 Å². The zero-order chi connectivity index (χ0) is 20.7. The number of hydrogen-bond acceptors (Lipinski definition) is 7. The number of carbonyl (C=O) groups excluding carboxylic acids is 4. The highest BCUT2D eigenvalue weighted by Crippen LogP contribution is 2.34.